The van der Waals surface area contributed by atoms with Crippen LogP contribution in [0.15, 0.2) is 0 Å². The number of carbonyl (C=O) groups is 1. The first kappa shape index (κ1) is 10.4. The van der Waals surface area contributed by atoms with Gasteiger partial charge in [-0.15, -0.1) is 0 Å². The fraction of sp³-hybridized carbons (Fsp3) is 0.857. The second-order valence-corrected chi connectivity index (χ2v) is 2.57. The number of carbonyl (C=O) groups excluding carboxylic acids is 1. The first-order valence-electron chi connectivity index (χ1n) is 3.80. The molecule has 4 heteroatoms. The van der Waals surface area contributed by atoms with Gasteiger partial charge in [0.2, 0.25) is 5.91 Å². The topological polar surface area (TPSA) is 75.3 Å². The molecule has 0 fully saturated rings. The third-order valence-corrected chi connectivity index (χ3v) is 1.53. The van der Waals surface area contributed by atoms with Gasteiger partial charge in [-0.2, -0.15) is 0 Å². The minimum absolute atomic E-state index is 0.0255. The van der Waals surface area contributed by atoms with E-state index in [1.165, 1.54) is 0 Å². The lowest BCUT2D eigenvalue weighted by Gasteiger charge is -2.13. The molecular weight excluding hydrogens is 144 g/mol. The van der Waals surface area contributed by atoms with Gasteiger partial charge in [0, 0.05) is 12.6 Å². The van der Waals surface area contributed by atoms with Gasteiger partial charge in [-0.1, -0.05) is 6.92 Å². The molecule has 0 aliphatic carbocycles. The lowest BCUT2D eigenvalue weighted by molar-refractivity contribution is -0.129. The molecule has 0 radical (unpaired) electrons. The van der Waals surface area contributed by atoms with Crippen molar-refractivity contribution in [3.63, 3.8) is 0 Å². The van der Waals surface area contributed by atoms with Gasteiger partial charge in [0.15, 0.2) is 0 Å². The fourth-order valence-electron chi connectivity index (χ4n) is 0.548. The monoisotopic (exact) mass is 160 g/mol. The lowest BCUT2D eigenvalue weighted by Crippen LogP contribution is -2.42. The first-order chi connectivity index (χ1) is 5.11. The molecule has 0 spiro atoms. The van der Waals surface area contributed by atoms with Crippen molar-refractivity contribution in [1.29, 1.82) is 0 Å². The predicted molar refractivity (Wildman–Crippen MR) is 43.0 cm³/mol. The zero-order chi connectivity index (χ0) is 8.85. The van der Waals surface area contributed by atoms with Gasteiger partial charge >= 0.3 is 0 Å². The van der Waals surface area contributed by atoms with Crippen LogP contribution in [0, 0.1) is 0 Å². The molecule has 0 aromatic rings. The van der Waals surface area contributed by atoms with E-state index in [1.54, 1.807) is 0 Å². The summed E-state index contributed by atoms with van der Waals surface area (Å²) in [6.45, 7) is 3.81. The molecule has 0 aromatic heterocycles. The zero-order valence-electron chi connectivity index (χ0n) is 7.00. The summed E-state index contributed by atoms with van der Waals surface area (Å²) in [6.07, 6.45) is -0.216. The van der Waals surface area contributed by atoms with Crippen molar-refractivity contribution in [2.24, 2.45) is 5.73 Å². The molecule has 0 aromatic carbocycles. The van der Waals surface area contributed by atoms with Crippen molar-refractivity contribution < 1.29 is 9.90 Å². The van der Waals surface area contributed by atoms with E-state index >= 15 is 0 Å². The van der Waals surface area contributed by atoms with E-state index in [0.717, 1.165) is 6.42 Å². The van der Waals surface area contributed by atoms with Crippen molar-refractivity contribution in [3.8, 4) is 0 Å². The van der Waals surface area contributed by atoms with Crippen molar-refractivity contribution in [2.45, 2.75) is 32.4 Å². The summed E-state index contributed by atoms with van der Waals surface area (Å²) >= 11 is 0. The SMILES string of the molecule is CCC(C)NC(=O)C(O)CN. The molecule has 1 amide bonds. The molecule has 4 nitrogen and oxygen atoms in total. The molecule has 66 valence electrons. The molecule has 0 heterocycles. The molecule has 11 heavy (non-hydrogen) atoms. The average molecular weight is 160 g/mol. The summed E-state index contributed by atoms with van der Waals surface area (Å²) in [4.78, 5) is 10.9. The number of nitrogens with two attached hydrogens (primary N) is 1. The number of amides is 1. The van der Waals surface area contributed by atoms with Gasteiger partial charge in [-0.25, -0.2) is 0 Å². The highest BCUT2D eigenvalue weighted by molar-refractivity contribution is 5.80. The Morgan fingerprint density at radius 3 is 2.64 bits per heavy atom. The van der Waals surface area contributed by atoms with E-state index in [1.807, 2.05) is 13.8 Å². The van der Waals surface area contributed by atoms with Gasteiger partial charge in [0.05, 0.1) is 0 Å². The number of nitrogens with one attached hydrogen (secondary N) is 1. The third kappa shape index (κ3) is 3.95. The highest BCUT2D eigenvalue weighted by Gasteiger charge is 2.13. The Bertz CT molecular complexity index is 128. The number of aliphatic hydroxyl groups is 1. The van der Waals surface area contributed by atoms with Crippen LogP contribution in [0.3, 0.4) is 0 Å². The van der Waals surface area contributed by atoms with Crippen molar-refractivity contribution in [2.75, 3.05) is 6.54 Å². The van der Waals surface area contributed by atoms with Crippen molar-refractivity contribution >= 4 is 5.91 Å². The fourth-order valence-corrected chi connectivity index (χ4v) is 0.548. The Balaban J connectivity index is 3.68. The Kier molecular flexibility index (Phi) is 4.81. The summed E-state index contributed by atoms with van der Waals surface area (Å²) in [7, 11) is 0. The number of aliphatic hydroxyl groups excluding tert-OH is 1. The van der Waals surface area contributed by atoms with Crippen LogP contribution in [0.5, 0.6) is 0 Å². The second kappa shape index (κ2) is 5.09. The molecule has 0 rings (SSSR count). The zero-order valence-corrected chi connectivity index (χ0v) is 7.00. The predicted octanol–water partition coefficient (Wildman–Crippen LogP) is -0.779. The summed E-state index contributed by atoms with van der Waals surface area (Å²) in [5.41, 5.74) is 5.08. The second-order valence-electron chi connectivity index (χ2n) is 2.57. The third-order valence-electron chi connectivity index (χ3n) is 1.53. The van der Waals surface area contributed by atoms with Crippen LogP contribution < -0.4 is 11.1 Å². The van der Waals surface area contributed by atoms with Crippen LogP contribution in [0.1, 0.15) is 20.3 Å². The Hall–Kier alpha value is -0.610. The van der Waals surface area contributed by atoms with Crippen molar-refractivity contribution in [3.05, 3.63) is 0 Å². The molecular formula is C7H16N2O2. The molecule has 2 atom stereocenters. The summed E-state index contributed by atoms with van der Waals surface area (Å²) in [5, 5.41) is 11.5. The van der Waals surface area contributed by atoms with E-state index < -0.39 is 6.10 Å². The number of hydrogen-bond donors (Lipinski definition) is 3. The maximum absolute atomic E-state index is 10.9. The summed E-state index contributed by atoms with van der Waals surface area (Å²) in [5.74, 6) is -0.387. The van der Waals surface area contributed by atoms with E-state index in [4.69, 9.17) is 10.8 Å². The van der Waals surface area contributed by atoms with Crippen LogP contribution in [0.2, 0.25) is 0 Å². The standard InChI is InChI=1S/C7H16N2O2/c1-3-5(2)9-7(11)6(10)4-8/h5-6,10H,3-4,8H2,1-2H3,(H,9,11). The molecule has 0 saturated carbocycles. The molecule has 4 N–H and O–H groups in total. The van der Waals surface area contributed by atoms with E-state index in [-0.39, 0.29) is 18.5 Å². The van der Waals surface area contributed by atoms with Gasteiger partial charge in [0.25, 0.3) is 0 Å². The largest absolute Gasteiger partial charge is 0.382 e. The van der Waals surface area contributed by atoms with Crippen LogP contribution in [0.4, 0.5) is 0 Å². The van der Waals surface area contributed by atoms with Crippen molar-refractivity contribution in [1.82, 2.24) is 5.32 Å². The summed E-state index contributed by atoms with van der Waals surface area (Å²) in [6, 6.07) is 0.101. The Labute approximate surface area is 66.8 Å². The number of rotatable bonds is 4. The van der Waals surface area contributed by atoms with Crippen LogP contribution in [-0.4, -0.2) is 29.7 Å². The Morgan fingerprint density at radius 2 is 2.27 bits per heavy atom. The average Bonchev–Trinajstić information content (AvgIpc) is 2.02. The van der Waals surface area contributed by atoms with Gasteiger partial charge in [-0.05, 0) is 13.3 Å². The normalized spacial score (nSPS) is 15.6. The number of hydrogen-bond acceptors (Lipinski definition) is 3. The Morgan fingerprint density at radius 1 is 1.73 bits per heavy atom. The molecule has 0 aliphatic rings. The van der Waals surface area contributed by atoms with Crippen LogP contribution in [-0.2, 0) is 4.79 Å². The van der Waals surface area contributed by atoms with Gasteiger partial charge in [0.1, 0.15) is 6.10 Å². The van der Waals surface area contributed by atoms with Gasteiger partial charge < -0.3 is 16.2 Å². The maximum atomic E-state index is 10.9. The van der Waals surface area contributed by atoms with Crippen LogP contribution in [0.25, 0.3) is 0 Å². The molecule has 0 bridgehead atoms. The lowest BCUT2D eigenvalue weighted by atomic mass is 10.2. The molecule has 0 aliphatic heterocycles. The molecule has 2 unspecified atom stereocenters. The van der Waals surface area contributed by atoms with E-state index in [2.05, 4.69) is 5.32 Å². The summed E-state index contributed by atoms with van der Waals surface area (Å²) < 4.78 is 0. The van der Waals surface area contributed by atoms with E-state index in [0.29, 0.717) is 0 Å². The smallest absolute Gasteiger partial charge is 0.250 e. The van der Waals surface area contributed by atoms with E-state index in [9.17, 15) is 4.79 Å². The first-order valence-corrected chi connectivity index (χ1v) is 3.80. The highest BCUT2D eigenvalue weighted by Crippen LogP contribution is 1.89. The highest BCUT2D eigenvalue weighted by atomic mass is 16.3. The quantitative estimate of drug-likeness (QED) is 0.505. The molecule has 0 saturated heterocycles. The maximum Gasteiger partial charge on any atom is 0.250 e. The minimum Gasteiger partial charge on any atom is -0.382 e. The minimum atomic E-state index is -1.07. The van der Waals surface area contributed by atoms with Gasteiger partial charge in [-0.3, -0.25) is 4.79 Å². The van der Waals surface area contributed by atoms with Crippen LogP contribution >= 0.6 is 0 Å².